The van der Waals surface area contributed by atoms with Gasteiger partial charge in [0.1, 0.15) is 6.33 Å². The maximum absolute atomic E-state index is 8.70. The van der Waals surface area contributed by atoms with E-state index in [2.05, 4.69) is 26.8 Å². The molecule has 0 aliphatic rings. The third kappa shape index (κ3) is 2.83. The number of anilines is 1. The first-order valence-electron chi connectivity index (χ1n) is 6.34. The molecule has 6 heteroatoms. The fourth-order valence-corrected chi connectivity index (χ4v) is 1.82. The van der Waals surface area contributed by atoms with Crippen LogP contribution in [0.2, 0.25) is 0 Å². The van der Waals surface area contributed by atoms with Gasteiger partial charge in [-0.1, -0.05) is 5.92 Å². The largest absolute Gasteiger partial charge is 0.396 e. The Morgan fingerprint density at radius 2 is 2.21 bits per heavy atom. The average molecular weight is 259 g/mol. The van der Waals surface area contributed by atoms with Gasteiger partial charge in [0.2, 0.25) is 0 Å². The van der Waals surface area contributed by atoms with E-state index in [1.165, 1.54) is 6.33 Å². The lowest BCUT2D eigenvalue weighted by Gasteiger charge is -1.99. The number of aliphatic hydroxyl groups excluding tert-OH is 1. The maximum Gasteiger partial charge on any atom is 0.187 e. The van der Waals surface area contributed by atoms with Crippen LogP contribution in [0.4, 0.5) is 5.82 Å². The molecular weight excluding hydrogens is 242 g/mol. The van der Waals surface area contributed by atoms with Gasteiger partial charge < -0.3 is 15.4 Å². The van der Waals surface area contributed by atoms with Gasteiger partial charge in [0.05, 0.1) is 0 Å². The number of nitrogens with two attached hydrogens (primary N) is 1. The minimum absolute atomic E-state index is 0.210. The zero-order chi connectivity index (χ0) is 13.7. The van der Waals surface area contributed by atoms with Gasteiger partial charge in [-0.25, -0.2) is 15.0 Å². The lowest BCUT2D eigenvalue weighted by Crippen LogP contribution is -1.99. The normalized spacial score (nSPS) is 10.4. The Bertz CT molecular complexity index is 623. The molecule has 100 valence electrons. The van der Waals surface area contributed by atoms with Crippen LogP contribution in [0.1, 0.15) is 32.0 Å². The van der Waals surface area contributed by atoms with Crippen molar-refractivity contribution in [2.24, 2.45) is 0 Å². The average Bonchev–Trinajstić information content (AvgIpc) is 2.77. The highest BCUT2D eigenvalue weighted by Crippen LogP contribution is 2.17. The fraction of sp³-hybridized carbons (Fsp3) is 0.462. The van der Waals surface area contributed by atoms with E-state index in [0.717, 1.165) is 31.5 Å². The zero-order valence-electron chi connectivity index (χ0n) is 10.9. The second-order valence-corrected chi connectivity index (χ2v) is 4.09. The molecule has 0 spiro atoms. The number of hydrogen-bond acceptors (Lipinski definition) is 5. The van der Waals surface area contributed by atoms with Crippen molar-refractivity contribution in [1.29, 1.82) is 0 Å². The summed E-state index contributed by atoms with van der Waals surface area (Å²) in [6.07, 6.45) is 3.84. The number of aryl methyl sites for hydroxylation is 1. The predicted octanol–water partition coefficient (Wildman–Crippen LogP) is 0.942. The standard InChI is InChI=1S/C13H17N5O/c1-2-18-10(7-5-3-4-6-8-19)17-11-12(14)15-9-16-13(11)18/h9,19H,2-4,6,8H2,1H3,(H2,14,15,16). The van der Waals surface area contributed by atoms with Gasteiger partial charge in [0.25, 0.3) is 0 Å². The van der Waals surface area contributed by atoms with Gasteiger partial charge in [0, 0.05) is 19.6 Å². The summed E-state index contributed by atoms with van der Waals surface area (Å²) in [6.45, 7) is 2.95. The highest BCUT2D eigenvalue weighted by molar-refractivity contribution is 5.82. The van der Waals surface area contributed by atoms with E-state index in [-0.39, 0.29) is 6.61 Å². The summed E-state index contributed by atoms with van der Waals surface area (Å²) < 4.78 is 1.92. The Hall–Kier alpha value is -2.13. The predicted molar refractivity (Wildman–Crippen MR) is 73.2 cm³/mol. The van der Waals surface area contributed by atoms with Crippen LogP contribution >= 0.6 is 0 Å². The van der Waals surface area contributed by atoms with Crippen molar-refractivity contribution in [2.45, 2.75) is 32.7 Å². The van der Waals surface area contributed by atoms with E-state index >= 15 is 0 Å². The van der Waals surface area contributed by atoms with Crippen LogP contribution < -0.4 is 5.73 Å². The molecule has 2 aromatic rings. The molecule has 0 unspecified atom stereocenters. The number of fused-ring (bicyclic) bond motifs is 1. The molecule has 19 heavy (non-hydrogen) atoms. The van der Waals surface area contributed by atoms with Crippen molar-refractivity contribution in [2.75, 3.05) is 12.3 Å². The second kappa shape index (κ2) is 6.16. The van der Waals surface area contributed by atoms with Gasteiger partial charge >= 0.3 is 0 Å². The number of nitrogen functional groups attached to an aromatic ring is 1. The van der Waals surface area contributed by atoms with Crippen molar-refractivity contribution in [3.63, 3.8) is 0 Å². The zero-order valence-corrected chi connectivity index (χ0v) is 10.9. The molecule has 2 aromatic heterocycles. The minimum Gasteiger partial charge on any atom is -0.396 e. The lowest BCUT2D eigenvalue weighted by atomic mass is 10.2. The van der Waals surface area contributed by atoms with E-state index in [0.29, 0.717) is 17.2 Å². The molecule has 2 rings (SSSR count). The lowest BCUT2D eigenvalue weighted by molar-refractivity contribution is 0.285. The van der Waals surface area contributed by atoms with Crippen LogP contribution in [0.5, 0.6) is 0 Å². The van der Waals surface area contributed by atoms with Gasteiger partial charge in [-0.2, -0.15) is 0 Å². The highest BCUT2D eigenvalue weighted by Gasteiger charge is 2.11. The monoisotopic (exact) mass is 259 g/mol. The van der Waals surface area contributed by atoms with E-state index < -0.39 is 0 Å². The summed E-state index contributed by atoms with van der Waals surface area (Å²) in [5.74, 6) is 7.13. The number of nitrogens with zero attached hydrogens (tertiary/aromatic N) is 4. The van der Waals surface area contributed by atoms with Gasteiger partial charge in [-0.15, -0.1) is 0 Å². The first-order chi connectivity index (χ1) is 9.27. The van der Waals surface area contributed by atoms with Crippen LogP contribution in [0.15, 0.2) is 6.33 Å². The van der Waals surface area contributed by atoms with E-state index in [1.54, 1.807) is 0 Å². The van der Waals surface area contributed by atoms with E-state index in [4.69, 9.17) is 10.8 Å². The molecule has 0 amide bonds. The smallest absolute Gasteiger partial charge is 0.187 e. The molecule has 0 bridgehead atoms. The molecule has 0 aliphatic carbocycles. The number of hydrogen-bond donors (Lipinski definition) is 2. The van der Waals surface area contributed by atoms with Crippen LogP contribution in [-0.2, 0) is 6.54 Å². The van der Waals surface area contributed by atoms with Crippen LogP contribution in [0, 0.1) is 11.8 Å². The van der Waals surface area contributed by atoms with Crippen LogP contribution in [-0.4, -0.2) is 31.2 Å². The Kier molecular flexibility index (Phi) is 4.31. The van der Waals surface area contributed by atoms with Crippen molar-refractivity contribution >= 4 is 17.0 Å². The number of aliphatic hydroxyl groups is 1. The Labute approximate surface area is 111 Å². The summed E-state index contributed by atoms with van der Waals surface area (Å²) in [7, 11) is 0. The third-order valence-corrected chi connectivity index (χ3v) is 2.79. The van der Waals surface area contributed by atoms with Gasteiger partial charge in [-0.05, 0) is 25.7 Å². The quantitative estimate of drug-likeness (QED) is 0.630. The number of imidazole rings is 1. The minimum atomic E-state index is 0.210. The first-order valence-corrected chi connectivity index (χ1v) is 6.34. The summed E-state index contributed by atoms with van der Waals surface area (Å²) in [5.41, 5.74) is 7.10. The third-order valence-electron chi connectivity index (χ3n) is 2.79. The molecule has 0 fully saturated rings. The van der Waals surface area contributed by atoms with Crippen LogP contribution in [0.3, 0.4) is 0 Å². The fourth-order valence-electron chi connectivity index (χ4n) is 1.82. The van der Waals surface area contributed by atoms with Crippen molar-refractivity contribution in [3.05, 3.63) is 12.2 Å². The summed E-state index contributed by atoms with van der Waals surface area (Å²) in [4.78, 5) is 12.5. The molecular formula is C13H17N5O. The SMILES string of the molecule is CCn1c(C#CCCCCO)nc2c(N)ncnc21. The Morgan fingerprint density at radius 1 is 1.37 bits per heavy atom. The van der Waals surface area contributed by atoms with Gasteiger partial charge in [0.15, 0.2) is 22.8 Å². The van der Waals surface area contributed by atoms with E-state index in [9.17, 15) is 0 Å². The first kappa shape index (κ1) is 13.3. The Morgan fingerprint density at radius 3 is 2.95 bits per heavy atom. The molecule has 0 saturated heterocycles. The van der Waals surface area contributed by atoms with Crippen molar-refractivity contribution in [1.82, 2.24) is 19.5 Å². The number of aromatic nitrogens is 4. The molecule has 3 N–H and O–H groups in total. The molecule has 0 aliphatic heterocycles. The maximum atomic E-state index is 8.70. The summed E-state index contributed by atoms with van der Waals surface area (Å²) >= 11 is 0. The second-order valence-electron chi connectivity index (χ2n) is 4.09. The highest BCUT2D eigenvalue weighted by atomic mass is 16.2. The molecule has 6 nitrogen and oxygen atoms in total. The van der Waals surface area contributed by atoms with Gasteiger partial charge in [-0.3, -0.25) is 0 Å². The Balaban J connectivity index is 2.30. The molecule has 0 radical (unpaired) electrons. The molecule has 2 heterocycles. The number of rotatable bonds is 4. The van der Waals surface area contributed by atoms with E-state index in [1.807, 2.05) is 11.5 Å². The van der Waals surface area contributed by atoms with Crippen molar-refractivity contribution < 1.29 is 5.11 Å². The number of unbranched alkanes of at least 4 members (excludes halogenated alkanes) is 2. The summed E-state index contributed by atoms with van der Waals surface area (Å²) in [6, 6.07) is 0. The summed E-state index contributed by atoms with van der Waals surface area (Å²) in [5, 5.41) is 8.70. The molecule has 0 saturated carbocycles. The topological polar surface area (TPSA) is 89.8 Å². The molecule has 0 atom stereocenters. The molecule has 0 aromatic carbocycles. The van der Waals surface area contributed by atoms with Crippen LogP contribution in [0.25, 0.3) is 11.2 Å². The van der Waals surface area contributed by atoms with Crippen molar-refractivity contribution in [3.8, 4) is 11.8 Å².